The van der Waals surface area contributed by atoms with Crippen LogP contribution in [-0.2, 0) is 10.3 Å². The molecule has 0 aromatic heterocycles. The van der Waals surface area contributed by atoms with E-state index < -0.39 is 11.6 Å². The van der Waals surface area contributed by atoms with Crippen molar-refractivity contribution < 1.29 is 19.8 Å². The number of rotatable bonds is 7. The summed E-state index contributed by atoms with van der Waals surface area (Å²) in [5, 5.41) is 20.0. The lowest BCUT2D eigenvalue weighted by Crippen LogP contribution is -2.59. The van der Waals surface area contributed by atoms with Gasteiger partial charge in [-0.25, -0.2) is 4.79 Å². The van der Waals surface area contributed by atoms with E-state index in [2.05, 4.69) is 43.3 Å². The quantitative estimate of drug-likeness (QED) is 0.696. The molecule has 1 aromatic rings. The summed E-state index contributed by atoms with van der Waals surface area (Å²) in [5.74, 6) is -0.891. The number of carbonyl (C=O) groups is 2. The number of hydrogen-bond acceptors (Lipinski definition) is 4. The predicted molar refractivity (Wildman–Crippen MR) is 118 cm³/mol. The van der Waals surface area contributed by atoms with E-state index in [4.69, 9.17) is 5.11 Å². The van der Waals surface area contributed by atoms with Gasteiger partial charge in [-0.05, 0) is 64.6 Å². The van der Waals surface area contributed by atoms with E-state index in [1.54, 1.807) is 4.90 Å². The van der Waals surface area contributed by atoms with Crippen LogP contribution in [0.1, 0.15) is 56.9 Å². The minimum atomic E-state index is -0.891. The zero-order valence-corrected chi connectivity index (χ0v) is 18.7. The third-order valence-corrected chi connectivity index (χ3v) is 8.07. The largest absolute Gasteiger partial charge is 0.481 e. The topological polar surface area (TPSA) is 84.3 Å². The molecule has 7 nitrogen and oxygen atoms in total. The van der Waals surface area contributed by atoms with E-state index in [9.17, 15) is 14.7 Å². The smallest absolute Gasteiger partial charge is 0.320 e. The van der Waals surface area contributed by atoms with E-state index >= 15 is 0 Å². The molecular formula is C24H35N3O4. The number of benzene rings is 1. The first kappa shape index (κ1) is 22.1. The molecule has 4 rings (SSSR count). The molecule has 0 unspecified atom stereocenters. The number of β-amino-alcohol motifs (C(OH)–C–C–N with tert-alkyl or cyclic N) is 1. The number of urea groups is 1. The van der Waals surface area contributed by atoms with Crippen molar-refractivity contribution in [2.45, 2.75) is 68.0 Å². The number of amides is 2. The molecule has 31 heavy (non-hydrogen) atoms. The average Bonchev–Trinajstić information content (AvgIpc) is 2.98. The first-order valence-corrected chi connectivity index (χ1v) is 11.4. The molecule has 0 atom stereocenters. The summed E-state index contributed by atoms with van der Waals surface area (Å²) in [5.41, 5.74) is 0.0882. The van der Waals surface area contributed by atoms with Crippen molar-refractivity contribution in [2.24, 2.45) is 0 Å². The Morgan fingerprint density at radius 3 is 2.23 bits per heavy atom. The summed E-state index contributed by atoms with van der Waals surface area (Å²) in [4.78, 5) is 30.3. The molecule has 1 aromatic carbocycles. The zero-order valence-electron chi connectivity index (χ0n) is 18.7. The van der Waals surface area contributed by atoms with E-state index in [0.29, 0.717) is 13.1 Å². The third kappa shape index (κ3) is 3.94. The van der Waals surface area contributed by atoms with Crippen LogP contribution in [0.15, 0.2) is 30.3 Å². The molecule has 2 aliphatic carbocycles. The summed E-state index contributed by atoms with van der Waals surface area (Å²) in [6.07, 6.45) is 5.91. The number of carboxylic acids is 1. The fourth-order valence-electron chi connectivity index (χ4n) is 5.86. The molecule has 2 N–H and O–H groups in total. The molecular weight excluding hydrogens is 394 g/mol. The Hall–Kier alpha value is -2.12. The monoisotopic (exact) mass is 429 g/mol. The number of nitrogens with zero attached hydrogens (tertiary/aromatic N) is 3. The molecule has 1 heterocycles. The van der Waals surface area contributed by atoms with Crippen LogP contribution < -0.4 is 0 Å². The summed E-state index contributed by atoms with van der Waals surface area (Å²) < 4.78 is 0. The van der Waals surface area contributed by atoms with Gasteiger partial charge in [-0.3, -0.25) is 9.69 Å². The molecule has 170 valence electrons. The van der Waals surface area contributed by atoms with Gasteiger partial charge < -0.3 is 20.0 Å². The van der Waals surface area contributed by atoms with Gasteiger partial charge in [-0.15, -0.1) is 0 Å². The van der Waals surface area contributed by atoms with Crippen molar-refractivity contribution in [3.63, 3.8) is 0 Å². The van der Waals surface area contributed by atoms with E-state index in [0.717, 1.165) is 44.9 Å². The minimum absolute atomic E-state index is 0.0500. The first-order chi connectivity index (χ1) is 14.7. The van der Waals surface area contributed by atoms with E-state index in [1.807, 2.05) is 11.0 Å². The Labute approximate surface area is 184 Å². The highest BCUT2D eigenvalue weighted by atomic mass is 16.4. The normalized spacial score (nSPS) is 30.1. The molecule has 7 heteroatoms. The van der Waals surface area contributed by atoms with E-state index in [-0.39, 0.29) is 30.1 Å². The lowest BCUT2D eigenvalue weighted by atomic mass is 9.67. The van der Waals surface area contributed by atoms with Crippen LogP contribution in [0, 0.1) is 0 Å². The van der Waals surface area contributed by atoms with Gasteiger partial charge in [0.25, 0.3) is 0 Å². The van der Waals surface area contributed by atoms with Gasteiger partial charge in [0, 0.05) is 18.6 Å². The highest BCUT2D eigenvalue weighted by Gasteiger charge is 2.56. The third-order valence-electron chi connectivity index (χ3n) is 8.07. The molecule has 0 radical (unpaired) electrons. The van der Waals surface area contributed by atoms with E-state index in [1.165, 1.54) is 5.56 Å². The molecule has 1 aliphatic heterocycles. The lowest BCUT2D eigenvalue weighted by Gasteiger charge is -2.52. The van der Waals surface area contributed by atoms with Gasteiger partial charge in [-0.1, -0.05) is 30.3 Å². The highest BCUT2D eigenvalue weighted by molar-refractivity contribution is 5.79. The van der Waals surface area contributed by atoms with Crippen LogP contribution in [0.3, 0.4) is 0 Å². The fourth-order valence-corrected chi connectivity index (χ4v) is 5.86. The number of hydrogen-bond donors (Lipinski definition) is 2. The van der Waals surface area contributed by atoms with Gasteiger partial charge >= 0.3 is 12.0 Å². The van der Waals surface area contributed by atoms with Crippen molar-refractivity contribution in [1.29, 1.82) is 0 Å². The Kier molecular flexibility index (Phi) is 5.77. The number of carboxylic acid groups (broad SMARTS) is 1. The van der Waals surface area contributed by atoms with Crippen molar-refractivity contribution in [1.82, 2.24) is 14.7 Å². The zero-order chi connectivity index (χ0) is 22.3. The van der Waals surface area contributed by atoms with Crippen LogP contribution in [0.4, 0.5) is 4.79 Å². The van der Waals surface area contributed by atoms with Crippen molar-refractivity contribution in [3.8, 4) is 0 Å². The second kappa shape index (κ2) is 8.10. The van der Waals surface area contributed by atoms with Gasteiger partial charge in [0.2, 0.25) is 0 Å². The second-order valence-electron chi connectivity index (χ2n) is 10.0. The van der Waals surface area contributed by atoms with Crippen LogP contribution in [-0.4, -0.2) is 81.8 Å². The molecule has 2 saturated carbocycles. The standard InChI is InChI=1S/C24H35N3O4/c1-25(2)24(19-7-4-3-5-8-19)14-12-22(13-15-24)17-26(16-9-20(28)29)21(30)27(22)18-23(31)10-6-11-23/h3-5,7-8,31H,6,9-18H2,1-2H3,(H,28,29)/t22-,24-. The predicted octanol–water partition coefficient (Wildman–Crippen LogP) is 2.88. The van der Waals surface area contributed by atoms with Gasteiger partial charge in [-0.2, -0.15) is 0 Å². The molecule has 2 amide bonds. The molecule has 1 spiro atoms. The maximum atomic E-state index is 13.3. The van der Waals surface area contributed by atoms with Crippen molar-refractivity contribution >= 4 is 12.0 Å². The summed E-state index contributed by atoms with van der Waals surface area (Å²) in [6, 6.07) is 10.5. The number of carbonyl (C=O) groups excluding carboxylic acids is 1. The SMILES string of the molecule is CN(C)[C@]1(c2ccccc2)CC[C@@]2(CC1)CN(CCC(=O)O)C(=O)N2CC1(O)CCC1. The summed E-state index contributed by atoms with van der Waals surface area (Å²) in [6.45, 7) is 1.13. The second-order valence-corrected chi connectivity index (χ2v) is 10.0. The molecule has 1 saturated heterocycles. The summed E-state index contributed by atoms with van der Waals surface area (Å²) in [7, 11) is 4.25. The number of aliphatic hydroxyl groups is 1. The fraction of sp³-hybridized carbons (Fsp3) is 0.667. The van der Waals surface area contributed by atoms with Gasteiger partial charge in [0.05, 0.1) is 24.1 Å². The van der Waals surface area contributed by atoms with Crippen LogP contribution in [0.25, 0.3) is 0 Å². The van der Waals surface area contributed by atoms with Crippen LogP contribution >= 0.6 is 0 Å². The summed E-state index contributed by atoms with van der Waals surface area (Å²) >= 11 is 0. The Morgan fingerprint density at radius 2 is 1.71 bits per heavy atom. The molecule has 0 bridgehead atoms. The first-order valence-electron chi connectivity index (χ1n) is 11.4. The van der Waals surface area contributed by atoms with Crippen molar-refractivity contribution in [3.05, 3.63) is 35.9 Å². The maximum absolute atomic E-state index is 13.3. The molecule has 3 fully saturated rings. The Bertz CT molecular complexity index is 813. The van der Waals surface area contributed by atoms with Crippen LogP contribution in [0.5, 0.6) is 0 Å². The van der Waals surface area contributed by atoms with Crippen molar-refractivity contribution in [2.75, 3.05) is 33.7 Å². The Morgan fingerprint density at radius 1 is 1.06 bits per heavy atom. The average molecular weight is 430 g/mol. The van der Waals surface area contributed by atoms with Gasteiger partial charge in [0.15, 0.2) is 0 Å². The van der Waals surface area contributed by atoms with Crippen LogP contribution in [0.2, 0.25) is 0 Å². The minimum Gasteiger partial charge on any atom is -0.481 e. The number of aliphatic carboxylic acids is 1. The Balaban J connectivity index is 1.59. The van der Waals surface area contributed by atoms with Gasteiger partial charge in [0.1, 0.15) is 0 Å². The highest BCUT2D eigenvalue weighted by Crippen LogP contribution is 2.50. The molecule has 3 aliphatic rings. The maximum Gasteiger partial charge on any atom is 0.320 e. The lowest BCUT2D eigenvalue weighted by molar-refractivity contribution is -0.137.